The van der Waals surface area contributed by atoms with Gasteiger partial charge in [0.15, 0.2) is 0 Å². The van der Waals surface area contributed by atoms with Crippen molar-refractivity contribution in [3.63, 3.8) is 0 Å². The average molecular weight is 277 g/mol. The van der Waals surface area contributed by atoms with Crippen molar-refractivity contribution in [1.82, 2.24) is 4.98 Å². The van der Waals surface area contributed by atoms with Gasteiger partial charge in [-0.05, 0) is 19.1 Å². The number of ether oxygens (including phenoxy) is 2. The fourth-order valence-electron chi connectivity index (χ4n) is 1.54. The summed E-state index contributed by atoms with van der Waals surface area (Å²) in [7, 11) is 1.56. The highest BCUT2D eigenvalue weighted by molar-refractivity contribution is 7.09. The Bertz CT molecular complexity index is 595. The summed E-state index contributed by atoms with van der Waals surface area (Å²) in [5.41, 5.74) is 7.04. The van der Waals surface area contributed by atoms with E-state index in [-0.39, 0.29) is 5.84 Å². The lowest BCUT2D eigenvalue weighted by Crippen LogP contribution is -2.11. The van der Waals surface area contributed by atoms with E-state index in [1.807, 2.05) is 12.3 Å². The minimum atomic E-state index is -0.0196. The predicted molar refractivity (Wildman–Crippen MR) is 75.2 cm³/mol. The molecule has 2 rings (SSSR count). The lowest BCUT2D eigenvalue weighted by Gasteiger charge is -2.09. The number of rotatable bonds is 5. The molecule has 0 aliphatic carbocycles. The van der Waals surface area contributed by atoms with Crippen LogP contribution in [0.1, 0.15) is 16.3 Å². The fraction of sp³-hybridized carbons (Fsp3) is 0.231. The van der Waals surface area contributed by atoms with Gasteiger partial charge >= 0.3 is 0 Å². The van der Waals surface area contributed by atoms with E-state index in [0.717, 1.165) is 10.7 Å². The molecule has 0 saturated carbocycles. The molecule has 1 heterocycles. The maximum absolute atomic E-state index is 7.46. The van der Waals surface area contributed by atoms with E-state index in [0.29, 0.717) is 23.7 Å². The molecule has 0 amide bonds. The van der Waals surface area contributed by atoms with Crippen molar-refractivity contribution in [3.05, 3.63) is 39.8 Å². The summed E-state index contributed by atoms with van der Waals surface area (Å²) >= 11 is 1.55. The number of aryl methyl sites for hydroxylation is 1. The highest BCUT2D eigenvalue weighted by Gasteiger charge is 2.06. The van der Waals surface area contributed by atoms with E-state index >= 15 is 0 Å². The zero-order valence-electron chi connectivity index (χ0n) is 10.8. The van der Waals surface area contributed by atoms with Crippen LogP contribution in [0.3, 0.4) is 0 Å². The number of amidine groups is 1. The van der Waals surface area contributed by atoms with Crippen molar-refractivity contribution in [2.75, 3.05) is 7.11 Å². The molecule has 6 heteroatoms. The molecule has 0 atom stereocenters. The molecule has 0 aliphatic rings. The Kier molecular flexibility index (Phi) is 4.01. The molecule has 0 fully saturated rings. The van der Waals surface area contributed by atoms with Crippen LogP contribution in [0.4, 0.5) is 0 Å². The van der Waals surface area contributed by atoms with Crippen LogP contribution in [0, 0.1) is 12.3 Å². The van der Waals surface area contributed by atoms with Crippen LogP contribution in [0.5, 0.6) is 11.5 Å². The van der Waals surface area contributed by atoms with Crippen molar-refractivity contribution in [2.24, 2.45) is 5.73 Å². The summed E-state index contributed by atoms with van der Waals surface area (Å²) in [4.78, 5) is 4.32. The van der Waals surface area contributed by atoms with E-state index in [1.165, 1.54) is 0 Å². The van der Waals surface area contributed by atoms with Gasteiger partial charge in [0.2, 0.25) is 0 Å². The first-order valence-corrected chi connectivity index (χ1v) is 6.53. The van der Waals surface area contributed by atoms with Gasteiger partial charge in [0.05, 0.1) is 7.11 Å². The standard InChI is InChI=1S/C13H15N3O2S/c1-8-7-19-12(16-8)6-18-11-4-9(13(14)15)3-10(5-11)17-2/h3-5,7H,6H2,1-2H3,(H3,14,15). The Morgan fingerprint density at radius 1 is 1.37 bits per heavy atom. The summed E-state index contributed by atoms with van der Waals surface area (Å²) in [6, 6.07) is 5.17. The molecule has 0 saturated heterocycles. The highest BCUT2D eigenvalue weighted by Crippen LogP contribution is 2.23. The lowest BCUT2D eigenvalue weighted by molar-refractivity contribution is 0.303. The molecule has 3 N–H and O–H groups in total. The van der Waals surface area contributed by atoms with E-state index in [4.69, 9.17) is 20.6 Å². The van der Waals surface area contributed by atoms with Crippen LogP contribution in [-0.2, 0) is 6.61 Å². The summed E-state index contributed by atoms with van der Waals surface area (Å²) in [5, 5.41) is 10.3. The summed E-state index contributed by atoms with van der Waals surface area (Å²) in [6.45, 7) is 2.34. The van der Waals surface area contributed by atoms with Gasteiger partial charge in [-0.3, -0.25) is 5.41 Å². The van der Waals surface area contributed by atoms with Gasteiger partial charge in [-0.25, -0.2) is 4.98 Å². The third kappa shape index (κ3) is 3.45. The molecule has 1 aromatic heterocycles. The Morgan fingerprint density at radius 3 is 2.68 bits per heavy atom. The minimum Gasteiger partial charge on any atom is -0.497 e. The SMILES string of the molecule is COc1cc(OCc2nc(C)cs2)cc(C(=N)N)c1. The average Bonchev–Trinajstić information content (AvgIpc) is 2.81. The maximum atomic E-state index is 7.46. The predicted octanol–water partition coefficient (Wildman–Crippen LogP) is 2.32. The lowest BCUT2D eigenvalue weighted by atomic mass is 10.2. The molecule has 0 aliphatic heterocycles. The Balaban J connectivity index is 2.15. The van der Waals surface area contributed by atoms with E-state index < -0.39 is 0 Å². The van der Waals surface area contributed by atoms with Gasteiger partial charge in [-0.15, -0.1) is 11.3 Å². The van der Waals surface area contributed by atoms with Crippen molar-refractivity contribution >= 4 is 17.2 Å². The van der Waals surface area contributed by atoms with Gasteiger partial charge in [-0.1, -0.05) is 0 Å². The number of methoxy groups -OCH3 is 1. The van der Waals surface area contributed by atoms with Gasteiger partial charge in [-0.2, -0.15) is 0 Å². The van der Waals surface area contributed by atoms with Gasteiger partial charge < -0.3 is 15.2 Å². The molecule has 100 valence electrons. The molecule has 0 unspecified atom stereocenters. The molecule has 0 bridgehead atoms. The zero-order chi connectivity index (χ0) is 13.8. The van der Waals surface area contributed by atoms with Crippen LogP contribution in [0.15, 0.2) is 23.6 Å². The summed E-state index contributed by atoms with van der Waals surface area (Å²) in [5.74, 6) is 1.20. The van der Waals surface area contributed by atoms with Crippen molar-refractivity contribution in [2.45, 2.75) is 13.5 Å². The summed E-state index contributed by atoms with van der Waals surface area (Å²) in [6.07, 6.45) is 0. The normalized spacial score (nSPS) is 10.2. The molecule has 0 radical (unpaired) electrons. The second-order valence-corrected chi connectivity index (χ2v) is 4.92. The first-order chi connectivity index (χ1) is 9.08. The Hall–Kier alpha value is -2.08. The monoisotopic (exact) mass is 277 g/mol. The second-order valence-electron chi connectivity index (χ2n) is 3.98. The second kappa shape index (κ2) is 5.71. The highest BCUT2D eigenvalue weighted by atomic mass is 32.1. The quantitative estimate of drug-likeness (QED) is 0.649. The number of nitrogens with one attached hydrogen (secondary N) is 1. The minimum absolute atomic E-state index is 0.0196. The van der Waals surface area contributed by atoms with Gasteiger partial charge in [0, 0.05) is 22.7 Å². The van der Waals surface area contributed by atoms with Crippen molar-refractivity contribution in [1.29, 1.82) is 5.41 Å². The number of hydrogen-bond donors (Lipinski definition) is 2. The zero-order valence-corrected chi connectivity index (χ0v) is 11.6. The van der Waals surface area contributed by atoms with Crippen LogP contribution in [-0.4, -0.2) is 17.9 Å². The number of benzene rings is 1. The van der Waals surface area contributed by atoms with Crippen molar-refractivity contribution < 1.29 is 9.47 Å². The first-order valence-electron chi connectivity index (χ1n) is 5.66. The van der Waals surface area contributed by atoms with E-state index in [1.54, 1.807) is 36.6 Å². The molecular formula is C13H15N3O2S. The fourth-order valence-corrected chi connectivity index (χ4v) is 2.23. The maximum Gasteiger partial charge on any atom is 0.140 e. The molecule has 2 aromatic rings. The topological polar surface area (TPSA) is 81.2 Å². The molecular weight excluding hydrogens is 262 g/mol. The number of nitrogens with zero attached hydrogens (tertiary/aromatic N) is 1. The molecule has 19 heavy (non-hydrogen) atoms. The number of nitrogen functional groups attached to an aromatic ring is 1. The Labute approximate surface area is 115 Å². The van der Waals surface area contributed by atoms with Crippen LogP contribution in [0.25, 0.3) is 0 Å². The third-order valence-electron chi connectivity index (χ3n) is 2.46. The largest absolute Gasteiger partial charge is 0.497 e. The van der Waals surface area contributed by atoms with Crippen LogP contribution < -0.4 is 15.2 Å². The molecule has 5 nitrogen and oxygen atoms in total. The smallest absolute Gasteiger partial charge is 0.140 e. The van der Waals surface area contributed by atoms with Gasteiger partial charge in [0.1, 0.15) is 28.9 Å². The molecule has 1 aromatic carbocycles. The van der Waals surface area contributed by atoms with Crippen molar-refractivity contribution in [3.8, 4) is 11.5 Å². The number of thiazole rings is 1. The first kappa shape index (κ1) is 13.4. The third-order valence-corrected chi connectivity index (χ3v) is 3.40. The number of aromatic nitrogens is 1. The Morgan fingerprint density at radius 2 is 2.11 bits per heavy atom. The summed E-state index contributed by atoms with van der Waals surface area (Å²) < 4.78 is 10.8. The van der Waals surface area contributed by atoms with Crippen LogP contribution >= 0.6 is 11.3 Å². The number of hydrogen-bond acceptors (Lipinski definition) is 5. The van der Waals surface area contributed by atoms with Crippen LogP contribution in [0.2, 0.25) is 0 Å². The van der Waals surface area contributed by atoms with E-state index in [9.17, 15) is 0 Å². The van der Waals surface area contributed by atoms with Gasteiger partial charge in [0.25, 0.3) is 0 Å². The molecule has 0 spiro atoms. The number of nitrogens with two attached hydrogens (primary N) is 1. The van der Waals surface area contributed by atoms with E-state index in [2.05, 4.69) is 4.98 Å².